The summed E-state index contributed by atoms with van der Waals surface area (Å²) in [7, 11) is 5.86. The van der Waals surface area contributed by atoms with Gasteiger partial charge in [0.05, 0.1) is 13.7 Å². The van der Waals surface area contributed by atoms with Crippen molar-refractivity contribution < 1.29 is 4.74 Å². The summed E-state index contributed by atoms with van der Waals surface area (Å²) in [5.41, 5.74) is 6.91. The third kappa shape index (κ3) is 5.56. The molecule has 5 nitrogen and oxygen atoms in total. The molecule has 0 aliphatic rings. The number of nitrogens with one attached hydrogen (secondary N) is 1. The minimum atomic E-state index is 0.409. The summed E-state index contributed by atoms with van der Waals surface area (Å²) in [4.78, 5) is 6.75. The smallest absolute Gasteiger partial charge is 0.193 e. The standard InChI is InChI=1S/C17H30N4O/c1-6-13(7-2)16(21(3)4)12-19-17(18)20-14-8-10-15(22-5)11-9-14/h8-11,13,16H,6-7,12H2,1-5H3,(H3,18,19,20). The van der Waals surface area contributed by atoms with E-state index in [0.29, 0.717) is 24.5 Å². The average Bonchev–Trinajstić information content (AvgIpc) is 2.51. The van der Waals surface area contributed by atoms with E-state index in [2.05, 4.69) is 43.2 Å². The fourth-order valence-electron chi connectivity index (χ4n) is 2.62. The van der Waals surface area contributed by atoms with Gasteiger partial charge in [-0.2, -0.15) is 0 Å². The summed E-state index contributed by atoms with van der Waals surface area (Å²) < 4.78 is 5.14. The number of hydrogen-bond donors (Lipinski definition) is 2. The zero-order valence-electron chi connectivity index (χ0n) is 14.5. The molecule has 0 amide bonds. The predicted molar refractivity (Wildman–Crippen MR) is 94.7 cm³/mol. The van der Waals surface area contributed by atoms with E-state index in [0.717, 1.165) is 24.3 Å². The van der Waals surface area contributed by atoms with Crippen LogP contribution in [0.5, 0.6) is 5.75 Å². The van der Waals surface area contributed by atoms with Gasteiger partial charge in [0.25, 0.3) is 0 Å². The van der Waals surface area contributed by atoms with Crippen molar-refractivity contribution in [1.82, 2.24) is 4.90 Å². The average molecular weight is 306 g/mol. The minimum absolute atomic E-state index is 0.409. The van der Waals surface area contributed by atoms with Gasteiger partial charge in [-0.15, -0.1) is 0 Å². The Morgan fingerprint density at radius 2 is 1.82 bits per heavy atom. The van der Waals surface area contributed by atoms with Gasteiger partial charge in [-0.1, -0.05) is 26.7 Å². The predicted octanol–water partition coefficient (Wildman–Crippen LogP) is 2.79. The summed E-state index contributed by atoms with van der Waals surface area (Å²) in [6.45, 7) is 5.16. The van der Waals surface area contributed by atoms with Crippen LogP contribution >= 0.6 is 0 Å². The zero-order valence-corrected chi connectivity index (χ0v) is 14.5. The van der Waals surface area contributed by atoms with E-state index >= 15 is 0 Å². The molecule has 1 aromatic rings. The van der Waals surface area contributed by atoms with Crippen molar-refractivity contribution in [1.29, 1.82) is 0 Å². The van der Waals surface area contributed by atoms with Crippen molar-refractivity contribution >= 4 is 11.6 Å². The van der Waals surface area contributed by atoms with Crippen molar-refractivity contribution in [2.75, 3.05) is 33.1 Å². The van der Waals surface area contributed by atoms with Crippen molar-refractivity contribution in [2.45, 2.75) is 32.7 Å². The first-order chi connectivity index (χ1) is 10.5. The Kier molecular flexibility index (Phi) is 7.74. The highest BCUT2D eigenvalue weighted by Gasteiger charge is 2.20. The number of rotatable bonds is 8. The van der Waals surface area contributed by atoms with Gasteiger partial charge in [-0.05, 0) is 44.3 Å². The van der Waals surface area contributed by atoms with Gasteiger partial charge < -0.3 is 20.7 Å². The Balaban J connectivity index is 2.65. The van der Waals surface area contributed by atoms with Crippen LogP contribution in [0.25, 0.3) is 0 Å². The molecule has 0 bridgehead atoms. The zero-order chi connectivity index (χ0) is 16.5. The van der Waals surface area contributed by atoms with Crippen LogP contribution in [-0.4, -0.2) is 44.7 Å². The van der Waals surface area contributed by atoms with Crippen LogP contribution in [-0.2, 0) is 0 Å². The monoisotopic (exact) mass is 306 g/mol. The first kappa shape index (κ1) is 18.3. The van der Waals surface area contributed by atoms with E-state index in [9.17, 15) is 0 Å². The first-order valence-corrected chi connectivity index (χ1v) is 7.89. The van der Waals surface area contributed by atoms with Gasteiger partial charge in [-0.3, -0.25) is 4.99 Å². The Labute approximate surface area is 134 Å². The van der Waals surface area contributed by atoms with E-state index in [-0.39, 0.29) is 0 Å². The lowest BCUT2D eigenvalue weighted by atomic mass is 9.93. The van der Waals surface area contributed by atoms with Crippen LogP contribution in [0.4, 0.5) is 5.69 Å². The van der Waals surface area contributed by atoms with Crippen molar-refractivity contribution in [2.24, 2.45) is 16.6 Å². The summed E-state index contributed by atoms with van der Waals surface area (Å²) in [6.07, 6.45) is 2.31. The van der Waals surface area contributed by atoms with Crippen molar-refractivity contribution in [3.05, 3.63) is 24.3 Å². The van der Waals surface area contributed by atoms with Gasteiger partial charge in [0, 0.05) is 11.7 Å². The molecule has 0 spiro atoms. The summed E-state index contributed by atoms with van der Waals surface area (Å²) in [6, 6.07) is 8.04. The normalized spacial score (nSPS) is 13.5. The van der Waals surface area contributed by atoms with Crippen LogP contribution in [0.1, 0.15) is 26.7 Å². The Morgan fingerprint density at radius 1 is 1.23 bits per heavy atom. The van der Waals surface area contributed by atoms with E-state index in [1.54, 1.807) is 7.11 Å². The Bertz CT molecular complexity index is 452. The molecular formula is C17H30N4O. The summed E-state index contributed by atoms with van der Waals surface area (Å²) in [5.74, 6) is 1.90. The van der Waals surface area contributed by atoms with E-state index in [4.69, 9.17) is 10.5 Å². The second kappa shape index (κ2) is 9.30. The highest BCUT2D eigenvalue weighted by molar-refractivity contribution is 5.92. The molecule has 0 saturated carbocycles. The van der Waals surface area contributed by atoms with Gasteiger partial charge in [-0.25, -0.2) is 0 Å². The Hall–Kier alpha value is -1.75. The van der Waals surface area contributed by atoms with Crippen LogP contribution in [0, 0.1) is 5.92 Å². The number of hydrogen-bond acceptors (Lipinski definition) is 3. The van der Waals surface area contributed by atoms with Gasteiger partial charge in [0.1, 0.15) is 5.75 Å². The number of nitrogens with two attached hydrogens (primary N) is 1. The third-order valence-corrected chi connectivity index (χ3v) is 4.07. The summed E-state index contributed by atoms with van der Waals surface area (Å²) in [5, 5.41) is 3.12. The van der Waals surface area contributed by atoms with Gasteiger partial charge in [0.2, 0.25) is 0 Å². The molecule has 22 heavy (non-hydrogen) atoms. The number of methoxy groups -OCH3 is 1. The molecule has 1 unspecified atom stereocenters. The third-order valence-electron chi connectivity index (χ3n) is 4.07. The maximum absolute atomic E-state index is 6.00. The quantitative estimate of drug-likeness (QED) is 0.572. The number of guanidine groups is 1. The molecule has 0 radical (unpaired) electrons. The first-order valence-electron chi connectivity index (χ1n) is 7.89. The van der Waals surface area contributed by atoms with Gasteiger partial charge in [0.15, 0.2) is 5.96 Å². The molecule has 0 fully saturated rings. The topological polar surface area (TPSA) is 62.9 Å². The van der Waals surface area contributed by atoms with Gasteiger partial charge >= 0.3 is 0 Å². The maximum Gasteiger partial charge on any atom is 0.193 e. The second-order valence-electron chi connectivity index (χ2n) is 5.69. The molecule has 0 saturated heterocycles. The molecule has 0 aliphatic heterocycles. The molecule has 0 aromatic heterocycles. The number of likely N-dealkylation sites (N-methyl/N-ethyl adjacent to an activating group) is 1. The number of benzene rings is 1. The van der Waals surface area contributed by atoms with Crippen LogP contribution in [0.15, 0.2) is 29.3 Å². The lowest BCUT2D eigenvalue weighted by molar-refractivity contribution is 0.206. The largest absolute Gasteiger partial charge is 0.497 e. The van der Waals surface area contributed by atoms with Crippen LogP contribution in [0.3, 0.4) is 0 Å². The lowest BCUT2D eigenvalue weighted by Crippen LogP contribution is -2.38. The van der Waals surface area contributed by atoms with E-state index < -0.39 is 0 Å². The van der Waals surface area contributed by atoms with Crippen LogP contribution in [0.2, 0.25) is 0 Å². The highest BCUT2D eigenvalue weighted by Crippen LogP contribution is 2.18. The number of anilines is 1. The second-order valence-corrected chi connectivity index (χ2v) is 5.69. The lowest BCUT2D eigenvalue weighted by Gasteiger charge is -2.30. The van der Waals surface area contributed by atoms with Crippen molar-refractivity contribution in [3.8, 4) is 5.75 Å². The van der Waals surface area contributed by atoms with Crippen molar-refractivity contribution in [3.63, 3.8) is 0 Å². The minimum Gasteiger partial charge on any atom is -0.497 e. The molecular weight excluding hydrogens is 276 g/mol. The fourth-order valence-corrected chi connectivity index (χ4v) is 2.62. The molecule has 5 heteroatoms. The number of aliphatic imine (C=N–C) groups is 1. The van der Waals surface area contributed by atoms with E-state index in [1.165, 1.54) is 0 Å². The molecule has 0 aliphatic carbocycles. The van der Waals surface area contributed by atoms with E-state index in [1.807, 2.05) is 24.3 Å². The SMILES string of the molecule is CCC(CC)C(CN=C(N)Nc1ccc(OC)cc1)N(C)C. The molecule has 3 N–H and O–H groups in total. The van der Waals surface area contributed by atoms with Crippen LogP contribution < -0.4 is 15.8 Å². The number of ether oxygens (including phenoxy) is 1. The maximum atomic E-state index is 6.00. The highest BCUT2D eigenvalue weighted by atomic mass is 16.5. The number of nitrogens with zero attached hydrogens (tertiary/aromatic N) is 2. The molecule has 0 heterocycles. The summed E-state index contributed by atoms with van der Waals surface area (Å²) >= 11 is 0. The fraction of sp³-hybridized carbons (Fsp3) is 0.588. The Morgan fingerprint density at radius 3 is 2.27 bits per heavy atom. The molecule has 1 atom stereocenters. The molecule has 1 aromatic carbocycles. The molecule has 1 rings (SSSR count). The molecule has 124 valence electrons.